The van der Waals surface area contributed by atoms with Gasteiger partial charge in [0.1, 0.15) is 0 Å². The molecule has 3 aromatic heterocycles. The van der Waals surface area contributed by atoms with Crippen LogP contribution in [-0.4, -0.2) is 15.0 Å². The summed E-state index contributed by atoms with van der Waals surface area (Å²) in [6.07, 6.45) is 0. The van der Waals surface area contributed by atoms with E-state index in [-0.39, 0.29) is 0 Å². The van der Waals surface area contributed by atoms with Crippen molar-refractivity contribution in [2.45, 2.75) is 0 Å². The number of hydrogen-bond acceptors (Lipinski definition) is 4. The summed E-state index contributed by atoms with van der Waals surface area (Å²) in [6, 6.07) is 75.4. The number of hydrogen-bond donors (Lipinski definition) is 0. The van der Waals surface area contributed by atoms with E-state index < -0.39 is 0 Å². The Hall–Kier alpha value is -7.79. The molecule has 9 aromatic carbocycles. The Labute approximate surface area is 356 Å². The summed E-state index contributed by atoms with van der Waals surface area (Å²) < 4.78 is 2.51. The van der Waals surface area contributed by atoms with Crippen molar-refractivity contribution >= 4 is 64.0 Å². The van der Waals surface area contributed by atoms with Crippen molar-refractivity contribution in [2.75, 3.05) is 0 Å². The van der Waals surface area contributed by atoms with Crippen LogP contribution in [0.3, 0.4) is 0 Å². The molecule has 0 aliphatic rings. The largest absolute Gasteiger partial charge is 0.246 e. The molecule has 0 atom stereocenters. The van der Waals surface area contributed by atoms with Crippen LogP contribution in [-0.2, 0) is 0 Å². The van der Waals surface area contributed by atoms with Gasteiger partial charge < -0.3 is 0 Å². The third-order valence-electron chi connectivity index (χ3n) is 11.9. The third kappa shape index (κ3) is 6.07. The summed E-state index contributed by atoms with van der Waals surface area (Å²) in [5, 5.41) is 8.54. The summed E-state index contributed by atoms with van der Waals surface area (Å²) in [4.78, 5) is 15.9. The van der Waals surface area contributed by atoms with Gasteiger partial charge in [0.25, 0.3) is 0 Å². The maximum atomic E-state index is 5.68. The predicted octanol–water partition coefficient (Wildman–Crippen LogP) is 15.7. The number of nitrogens with zero attached hydrogens (tertiary/aromatic N) is 3. The lowest BCUT2D eigenvalue weighted by atomic mass is 9.91. The molecule has 61 heavy (non-hydrogen) atoms. The van der Waals surface area contributed by atoms with Crippen LogP contribution in [0, 0.1) is 0 Å². The molecule has 4 heteroatoms. The van der Waals surface area contributed by atoms with Crippen molar-refractivity contribution in [1.29, 1.82) is 0 Å². The smallest absolute Gasteiger partial charge is 0.160 e. The zero-order chi connectivity index (χ0) is 40.3. The van der Waals surface area contributed by atoms with Gasteiger partial charge in [0.05, 0.1) is 22.6 Å². The third-order valence-corrected chi connectivity index (χ3v) is 13.1. The van der Waals surface area contributed by atoms with Crippen molar-refractivity contribution in [1.82, 2.24) is 15.0 Å². The molecule has 0 saturated heterocycles. The maximum Gasteiger partial charge on any atom is 0.160 e. The lowest BCUT2D eigenvalue weighted by molar-refractivity contribution is 1.18. The van der Waals surface area contributed by atoms with Gasteiger partial charge in [0, 0.05) is 53.4 Å². The Bertz CT molecular complexity index is 3610. The molecule has 0 amide bonds. The van der Waals surface area contributed by atoms with Gasteiger partial charge in [-0.05, 0) is 56.4 Å². The molecular weight excluding hydrogens is 759 g/mol. The highest BCUT2D eigenvalue weighted by molar-refractivity contribution is 7.26. The molecule has 0 unspecified atom stereocenters. The van der Waals surface area contributed by atoms with E-state index >= 15 is 0 Å². The summed E-state index contributed by atoms with van der Waals surface area (Å²) >= 11 is 1.85. The molecule has 12 aromatic rings. The second kappa shape index (κ2) is 14.5. The van der Waals surface area contributed by atoms with Crippen LogP contribution >= 0.6 is 11.3 Å². The lowest BCUT2D eigenvalue weighted by Crippen LogP contribution is -1.96. The molecule has 0 fully saturated rings. The molecular formula is C57H35N3S. The standard InChI is InChI=1S/C57H35N3S/c1-3-14-36(15-4-1)37-26-28-38(29-27-37)50-35-51(59-57(58-50)41-16-5-2-6-17-41)39-30-32-40(33-31-39)54-53-47-22-11-12-25-52(47)61-56(53)48-24-13-23-46(55(48)60-54)49-34-42-18-7-8-19-43(42)44-20-9-10-21-45(44)49/h1-35H. The Morgan fingerprint density at radius 3 is 1.59 bits per heavy atom. The van der Waals surface area contributed by atoms with Crippen molar-refractivity contribution in [3.8, 4) is 67.4 Å². The molecule has 284 valence electrons. The van der Waals surface area contributed by atoms with E-state index in [0.717, 1.165) is 50.4 Å². The molecule has 0 saturated carbocycles. The van der Waals surface area contributed by atoms with Crippen LogP contribution in [0.5, 0.6) is 0 Å². The van der Waals surface area contributed by atoms with E-state index in [1.54, 1.807) is 0 Å². The fourth-order valence-corrected chi connectivity index (χ4v) is 10.1. The number of thiophene rings is 1. The molecule has 12 rings (SSSR count). The van der Waals surface area contributed by atoms with E-state index in [1.807, 2.05) is 35.6 Å². The van der Waals surface area contributed by atoms with E-state index in [1.165, 1.54) is 63.8 Å². The van der Waals surface area contributed by atoms with Gasteiger partial charge in [-0.1, -0.05) is 194 Å². The van der Waals surface area contributed by atoms with Crippen molar-refractivity contribution in [3.63, 3.8) is 0 Å². The number of aromatic nitrogens is 3. The SMILES string of the molecule is c1ccc(-c2ccc(-c3cc(-c4ccc(-c5nc6c(-c7cc8ccccc8c8ccccc78)cccc6c6sc7ccccc7c56)cc4)nc(-c4ccccc4)n3)cc2)cc1. The first kappa shape index (κ1) is 35.2. The Morgan fingerprint density at radius 2 is 0.869 bits per heavy atom. The van der Waals surface area contributed by atoms with Crippen LogP contribution in [0.1, 0.15) is 0 Å². The van der Waals surface area contributed by atoms with Crippen molar-refractivity contribution in [2.24, 2.45) is 0 Å². The Balaban J connectivity index is 1.02. The minimum Gasteiger partial charge on any atom is -0.246 e. The van der Waals surface area contributed by atoms with E-state index in [0.29, 0.717) is 5.82 Å². The fraction of sp³-hybridized carbons (Fsp3) is 0. The average Bonchev–Trinajstić information content (AvgIpc) is 3.74. The normalized spacial score (nSPS) is 11.6. The predicted molar refractivity (Wildman–Crippen MR) is 258 cm³/mol. The Morgan fingerprint density at radius 1 is 0.328 bits per heavy atom. The van der Waals surface area contributed by atoms with E-state index in [9.17, 15) is 0 Å². The number of benzene rings is 9. The molecule has 0 bridgehead atoms. The minimum absolute atomic E-state index is 0.695. The van der Waals surface area contributed by atoms with Gasteiger partial charge in [0.15, 0.2) is 5.82 Å². The highest BCUT2D eigenvalue weighted by atomic mass is 32.1. The molecule has 3 nitrogen and oxygen atoms in total. The second-order valence-electron chi connectivity index (χ2n) is 15.5. The highest BCUT2D eigenvalue weighted by Gasteiger charge is 2.20. The van der Waals surface area contributed by atoms with Crippen LogP contribution < -0.4 is 0 Å². The maximum absolute atomic E-state index is 5.68. The number of pyridine rings is 1. The van der Waals surface area contributed by atoms with Crippen molar-refractivity contribution < 1.29 is 0 Å². The second-order valence-corrected chi connectivity index (χ2v) is 16.6. The Kier molecular flexibility index (Phi) is 8.36. The summed E-state index contributed by atoms with van der Waals surface area (Å²) in [6.45, 7) is 0. The van der Waals surface area contributed by atoms with Gasteiger partial charge >= 0.3 is 0 Å². The van der Waals surface area contributed by atoms with Gasteiger partial charge in [-0.25, -0.2) is 15.0 Å². The van der Waals surface area contributed by atoms with Crippen molar-refractivity contribution in [3.05, 3.63) is 212 Å². The fourth-order valence-electron chi connectivity index (χ4n) is 8.91. The molecule has 0 N–H and O–H groups in total. The first-order chi connectivity index (χ1) is 30.2. The van der Waals surface area contributed by atoms with Crippen LogP contribution in [0.15, 0.2) is 212 Å². The van der Waals surface area contributed by atoms with Crippen LogP contribution in [0.25, 0.3) is 120 Å². The zero-order valence-corrected chi connectivity index (χ0v) is 33.8. The molecule has 0 aliphatic carbocycles. The molecule has 0 spiro atoms. The molecule has 3 heterocycles. The quantitative estimate of drug-likeness (QED) is 0.157. The van der Waals surface area contributed by atoms with Gasteiger partial charge in [-0.3, -0.25) is 0 Å². The average molecular weight is 794 g/mol. The van der Waals surface area contributed by atoms with Gasteiger partial charge in [-0.15, -0.1) is 11.3 Å². The topological polar surface area (TPSA) is 38.7 Å². The number of fused-ring (bicyclic) bond motifs is 8. The zero-order valence-electron chi connectivity index (χ0n) is 33.0. The highest BCUT2D eigenvalue weighted by Crippen LogP contribution is 2.46. The van der Waals surface area contributed by atoms with Crippen LogP contribution in [0.4, 0.5) is 0 Å². The first-order valence-electron chi connectivity index (χ1n) is 20.6. The lowest BCUT2D eigenvalue weighted by Gasteiger charge is -2.15. The summed E-state index contributed by atoms with van der Waals surface area (Å²) in [7, 11) is 0. The summed E-state index contributed by atoms with van der Waals surface area (Å²) in [5.74, 6) is 0.695. The first-order valence-corrected chi connectivity index (χ1v) is 21.4. The molecule has 0 aliphatic heterocycles. The van der Waals surface area contributed by atoms with Gasteiger partial charge in [-0.2, -0.15) is 0 Å². The van der Waals surface area contributed by atoms with Gasteiger partial charge in [0.2, 0.25) is 0 Å². The van der Waals surface area contributed by atoms with E-state index in [2.05, 4.69) is 188 Å². The molecule has 0 radical (unpaired) electrons. The number of para-hydroxylation sites is 1. The minimum atomic E-state index is 0.695. The van der Waals surface area contributed by atoms with E-state index in [4.69, 9.17) is 15.0 Å². The summed E-state index contributed by atoms with van der Waals surface area (Å²) in [5.41, 5.74) is 12.5. The number of rotatable bonds is 6. The van der Waals surface area contributed by atoms with Crippen LogP contribution in [0.2, 0.25) is 0 Å². The monoisotopic (exact) mass is 793 g/mol.